The number of rotatable bonds is 3. The van der Waals surface area contributed by atoms with Gasteiger partial charge in [-0.15, -0.1) is 0 Å². The molecule has 2 rings (SSSR count). The molecule has 1 aromatic heterocycles. The number of aliphatic hydroxyl groups excluding tert-OH is 1. The van der Waals surface area contributed by atoms with E-state index in [1.807, 2.05) is 5.32 Å². The third-order valence-corrected chi connectivity index (χ3v) is 3.61. The first kappa shape index (κ1) is 14.9. The summed E-state index contributed by atoms with van der Waals surface area (Å²) in [6.45, 7) is -0.615. The fourth-order valence-electron chi connectivity index (χ4n) is 1.57. The monoisotopic (exact) mass is 309 g/mol. The van der Waals surface area contributed by atoms with Crippen molar-refractivity contribution >= 4 is 17.7 Å². The van der Waals surface area contributed by atoms with E-state index >= 15 is 0 Å². The second-order valence-electron chi connectivity index (χ2n) is 4.03. The Morgan fingerprint density at radius 3 is 2.95 bits per heavy atom. The number of carbonyl (C=O) groups excluding carboxylic acids is 1. The molecule has 0 saturated heterocycles. The number of halogens is 3. The molecular formula is C10H10F3N3O3S. The zero-order chi connectivity index (χ0) is 14.9. The summed E-state index contributed by atoms with van der Waals surface area (Å²) >= 11 is 1.36. The standard InChI is InChI=1S/C10H10F3N3O3S/c11-10(12,13)6(17)4-14-7(18)5-3-15-9-16(8(5)19)1-2-20-9/h3,6,17H,1-2,4H2,(H,14,18). The van der Waals surface area contributed by atoms with Crippen LogP contribution in [0.25, 0.3) is 0 Å². The predicted molar refractivity (Wildman–Crippen MR) is 63.6 cm³/mol. The lowest BCUT2D eigenvalue weighted by Gasteiger charge is -2.14. The Balaban J connectivity index is 2.09. The van der Waals surface area contributed by atoms with Gasteiger partial charge < -0.3 is 10.4 Å². The largest absolute Gasteiger partial charge is 0.416 e. The number of nitrogens with zero attached hydrogens (tertiary/aromatic N) is 2. The molecular weight excluding hydrogens is 299 g/mol. The number of carbonyl (C=O) groups is 1. The minimum absolute atomic E-state index is 0.342. The van der Waals surface area contributed by atoms with Gasteiger partial charge in [-0.25, -0.2) is 4.98 Å². The summed E-state index contributed by atoms with van der Waals surface area (Å²) in [4.78, 5) is 27.5. The Morgan fingerprint density at radius 2 is 2.30 bits per heavy atom. The summed E-state index contributed by atoms with van der Waals surface area (Å²) in [5.74, 6) is -0.335. The van der Waals surface area contributed by atoms with Gasteiger partial charge in [-0.2, -0.15) is 13.2 Å². The molecule has 6 nitrogen and oxygen atoms in total. The molecule has 0 aliphatic carbocycles. The molecule has 1 aromatic rings. The summed E-state index contributed by atoms with van der Waals surface area (Å²) in [5.41, 5.74) is -0.940. The van der Waals surface area contributed by atoms with E-state index in [9.17, 15) is 22.8 Å². The van der Waals surface area contributed by atoms with Gasteiger partial charge in [-0.1, -0.05) is 11.8 Å². The molecule has 0 saturated carbocycles. The van der Waals surface area contributed by atoms with Gasteiger partial charge in [-0.05, 0) is 0 Å². The van der Waals surface area contributed by atoms with Crippen molar-refractivity contribution in [3.05, 3.63) is 22.1 Å². The Morgan fingerprint density at radius 1 is 1.60 bits per heavy atom. The summed E-state index contributed by atoms with van der Waals surface area (Å²) < 4.78 is 37.5. The van der Waals surface area contributed by atoms with Gasteiger partial charge >= 0.3 is 6.18 Å². The van der Waals surface area contributed by atoms with E-state index in [1.165, 1.54) is 16.3 Å². The van der Waals surface area contributed by atoms with Gasteiger partial charge in [0.25, 0.3) is 11.5 Å². The van der Waals surface area contributed by atoms with Crippen molar-refractivity contribution in [2.24, 2.45) is 0 Å². The lowest BCUT2D eigenvalue weighted by molar-refractivity contribution is -0.201. The third-order valence-electron chi connectivity index (χ3n) is 2.64. The molecule has 0 aromatic carbocycles. The topological polar surface area (TPSA) is 84.2 Å². The zero-order valence-corrected chi connectivity index (χ0v) is 10.8. The van der Waals surface area contributed by atoms with Crippen LogP contribution in [0.15, 0.2) is 16.1 Å². The van der Waals surface area contributed by atoms with Gasteiger partial charge in [0.2, 0.25) is 0 Å². The molecule has 1 amide bonds. The van der Waals surface area contributed by atoms with Crippen LogP contribution in [0.3, 0.4) is 0 Å². The highest BCUT2D eigenvalue weighted by atomic mass is 32.2. The number of hydrogen-bond acceptors (Lipinski definition) is 5. The molecule has 20 heavy (non-hydrogen) atoms. The number of alkyl halides is 3. The van der Waals surface area contributed by atoms with Crippen molar-refractivity contribution in [1.29, 1.82) is 0 Å². The van der Waals surface area contributed by atoms with Gasteiger partial charge in [0.1, 0.15) is 5.56 Å². The van der Waals surface area contributed by atoms with Crippen LogP contribution in [-0.2, 0) is 6.54 Å². The smallest absolute Gasteiger partial charge is 0.382 e. The van der Waals surface area contributed by atoms with Crippen molar-refractivity contribution < 1.29 is 23.1 Å². The third kappa shape index (κ3) is 2.96. The highest BCUT2D eigenvalue weighted by Gasteiger charge is 2.38. The first-order valence-electron chi connectivity index (χ1n) is 5.56. The number of fused-ring (bicyclic) bond motifs is 1. The molecule has 1 atom stereocenters. The predicted octanol–water partition coefficient (Wildman–Crippen LogP) is 0.00200. The number of aromatic nitrogens is 2. The van der Waals surface area contributed by atoms with Crippen LogP contribution in [0.5, 0.6) is 0 Å². The first-order valence-corrected chi connectivity index (χ1v) is 6.55. The Kier molecular flexibility index (Phi) is 4.04. The lowest BCUT2D eigenvalue weighted by Crippen LogP contribution is -2.42. The average Bonchev–Trinajstić information content (AvgIpc) is 2.84. The van der Waals surface area contributed by atoms with Gasteiger partial charge in [0, 0.05) is 18.5 Å². The number of amides is 1. The average molecular weight is 309 g/mol. The number of nitrogens with one attached hydrogen (secondary N) is 1. The Bertz CT molecular complexity index is 587. The molecule has 110 valence electrons. The van der Waals surface area contributed by atoms with E-state index in [1.54, 1.807) is 0 Å². The van der Waals surface area contributed by atoms with Crippen LogP contribution in [-0.4, -0.2) is 45.1 Å². The molecule has 10 heteroatoms. The van der Waals surface area contributed by atoms with E-state index in [2.05, 4.69) is 4.98 Å². The molecule has 0 spiro atoms. The Labute approximate surface area is 115 Å². The van der Waals surface area contributed by atoms with E-state index in [4.69, 9.17) is 5.11 Å². The second kappa shape index (κ2) is 5.44. The van der Waals surface area contributed by atoms with Crippen molar-refractivity contribution in [1.82, 2.24) is 14.9 Å². The number of aliphatic hydroxyl groups is 1. The fourth-order valence-corrected chi connectivity index (χ4v) is 2.49. The van der Waals surface area contributed by atoms with Crippen LogP contribution in [0.1, 0.15) is 10.4 Å². The maximum Gasteiger partial charge on any atom is 0.416 e. The molecule has 2 heterocycles. The van der Waals surface area contributed by atoms with Gasteiger partial charge in [0.05, 0.1) is 6.54 Å². The summed E-state index contributed by atoms with van der Waals surface area (Å²) in [7, 11) is 0. The molecule has 0 fully saturated rings. The van der Waals surface area contributed by atoms with Crippen LogP contribution < -0.4 is 10.9 Å². The van der Waals surface area contributed by atoms with Gasteiger partial charge in [-0.3, -0.25) is 14.2 Å². The molecule has 1 aliphatic rings. The number of hydrogen-bond donors (Lipinski definition) is 2. The van der Waals surface area contributed by atoms with Crippen molar-refractivity contribution in [3.63, 3.8) is 0 Å². The van der Waals surface area contributed by atoms with E-state index in [-0.39, 0.29) is 5.56 Å². The minimum Gasteiger partial charge on any atom is -0.382 e. The first-order chi connectivity index (χ1) is 9.30. The number of thioether (sulfide) groups is 1. The maximum atomic E-state index is 12.1. The molecule has 0 bridgehead atoms. The Hall–Kier alpha value is -1.55. The zero-order valence-electron chi connectivity index (χ0n) is 9.98. The van der Waals surface area contributed by atoms with Crippen molar-refractivity contribution in [2.75, 3.05) is 12.3 Å². The van der Waals surface area contributed by atoms with Crippen LogP contribution >= 0.6 is 11.8 Å². The summed E-state index contributed by atoms with van der Waals surface area (Å²) in [6, 6.07) is 0. The van der Waals surface area contributed by atoms with Crippen LogP contribution in [0.4, 0.5) is 13.2 Å². The molecule has 1 unspecified atom stereocenters. The van der Waals surface area contributed by atoms with Crippen LogP contribution in [0.2, 0.25) is 0 Å². The molecule has 2 N–H and O–H groups in total. The van der Waals surface area contributed by atoms with Gasteiger partial charge in [0.15, 0.2) is 11.3 Å². The fraction of sp³-hybridized carbons (Fsp3) is 0.500. The molecule has 1 aliphatic heterocycles. The van der Waals surface area contributed by atoms with Crippen LogP contribution in [0, 0.1) is 0 Å². The normalized spacial score (nSPS) is 15.8. The van der Waals surface area contributed by atoms with E-state index in [0.29, 0.717) is 17.5 Å². The maximum absolute atomic E-state index is 12.1. The van der Waals surface area contributed by atoms with E-state index in [0.717, 1.165) is 6.20 Å². The summed E-state index contributed by atoms with van der Waals surface area (Å²) in [5, 5.41) is 11.1. The quantitative estimate of drug-likeness (QED) is 0.768. The highest BCUT2D eigenvalue weighted by Crippen LogP contribution is 2.21. The van der Waals surface area contributed by atoms with E-state index < -0.39 is 30.3 Å². The summed E-state index contributed by atoms with van der Waals surface area (Å²) in [6.07, 6.45) is -6.47. The molecule has 0 radical (unpaired) electrons. The van der Waals surface area contributed by atoms with Crippen molar-refractivity contribution in [2.45, 2.75) is 24.0 Å². The SMILES string of the molecule is O=C(NCC(O)C(F)(F)F)c1cnc2n(c1=O)CCS2. The second-order valence-corrected chi connectivity index (χ2v) is 5.09. The van der Waals surface area contributed by atoms with Crippen molar-refractivity contribution in [3.8, 4) is 0 Å². The lowest BCUT2D eigenvalue weighted by atomic mass is 10.3. The minimum atomic E-state index is -4.82. The highest BCUT2D eigenvalue weighted by molar-refractivity contribution is 7.99.